The third-order valence-electron chi connectivity index (χ3n) is 4.12. The number of ether oxygens (including phenoxy) is 2. The molecule has 5 nitrogen and oxygen atoms in total. The number of amides is 1. The van der Waals surface area contributed by atoms with Gasteiger partial charge in [0.15, 0.2) is 0 Å². The van der Waals surface area contributed by atoms with Gasteiger partial charge in [0.05, 0.1) is 18.7 Å². The van der Waals surface area contributed by atoms with E-state index >= 15 is 0 Å². The van der Waals surface area contributed by atoms with Gasteiger partial charge in [0.2, 0.25) is 5.88 Å². The molecule has 2 aliphatic rings. The number of nitrogens with zero attached hydrogens (tertiary/aromatic N) is 2. The Hall–Kier alpha value is -2.30. The van der Waals surface area contributed by atoms with Crippen molar-refractivity contribution < 1.29 is 14.3 Å². The van der Waals surface area contributed by atoms with Gasteiger partial charge in [0.25, 0.3) is 0 Å². The molecule has 114 valence electrons. The van der Waals surface area contributed by atoms with Crippen molar-refractivity contribution in [2.24, 2.45) is 5.92 Å². The lowest BCUT2D eigenvalue weighted by Crippen LogP contribution is -2.38. The fourth-order valence-corrected chi connectivity index (χ4v) is 2.80. The molecular weight excluding hydrogens is 280 g/mol. The maximum Gasteiger partial charge on any atom is 0.416 e. The van der Waals surface area contributed by atoms with Crippen LogP contribution in [0.4, 0.5) is 4.79 Å². The summed E-state index contributed by atoms with van der Waals surface area (Å²) in [6, 6.07) is 7.87. The summed E-state index contributed by atoms with van der Waals surface area (Å²) in [6.45, 7) is 3.93. The lowest BCUT2D eigenvalue weighted by atomic mass is 10.1. The van der Waals surface area contributed by atoms with Crippen LogP contribution in [0.25, 0.3) is 10.9 Å². The molecule has 0 radical (unpaired) electrons. The van der Waals surface area contributed by atoms with Crippen molar-refractivity contribution in [1.29, 1.82) is 0 Å². The highest BCUT2D eigenvalue weighted by Gasteiger charge is 2.32. The molecule has 0 atom stereocenters. The predicted molar refractivity (Wildman–Crippen MR) is 82.1 cm³/mol. The number of rotatable bonds is 4. The summed E-state index contributed by atoms with van der Waals surface area (Å²) >= 11 is 0. The van der Waals surface area contributed by atoms with Gasteiger partial charge < -0.3 is 14.4 Å². The number of benzene rings is 1. The first kappa shape index (κ1) is 13.4. The zero-order valence-electron chi connectivity index (χ0n) is 12.5. The number of pyridine rings is 1. The smallest absolute Gasteiger partial charge is 0.416 e. The van der Waals surface area contributed by atoms with Crippen LogP contribution in [0.1, 0.15) is 25.3 Å². The Labute approximate surface area is 128 Å². The van der Waals surface area contributed by atoms with Crippen LogP contribution in [0.5, 0.6) is 11.6 Å². The van der Waals surface area contributed by atoms with Crippen LogP contribution in [0.2, 0.25) is 0 Å². The largest absolute Gasteiger partial charge is 0.494 e. The topological polar surface area (TPSA) is 51.7 Å². The first-order valence-electron chi connectivity index (χ1n) is 7.76. The van der Waals surface area contributed by atoms with Gasteiger partial charge in [-0.25, -0.2) is 9.78 Å². The molecule has 0 bridgehead atoms. The molecule has 0 saturated heterocycles. The van der Waals surface area contributed by atoms with E-state index in [1.165, 1.54) is 12.8 Å². The van der Waals surface area contributed by atoms with E-state index in [-0.39, 0.29) is 6.09 Å². The maximum atomic E-state index is 12.1. The van der Waals surface area contributed by atoms with Crippen molar-refractivity contribution in [2.45, 2.75) is 26.3 Å². The average Bonchev–Trinajstić information content (AvgIpc) is 3.31. The lowest BCUT2D eigenvalue weighted by Gasteiger charge is -2.27. The molecule has 1 aromatic heterocycles. The summed E-state index contributed by atoms with van der Waals surface area (Å²) in [5.41, 5.74) is 1.75. The highest BCUT2D eigenvalue weighted by atomic mass is 16.6. The monoisotopic (exact) mass is 298 g/mol. The van der Waals surface area contributed by atoms with Crippen LogP contribution in [0.15, 0.2) is 24.3 Å². The van der Waals surface area contributed by atoms with E-state index in [9.17, 15) is 4.79 Å². The summed E-state index contributed by atoms with van der Waals surface area (Å²) in [6.07, 6.45) is 2.15. The Kier molecular flexibility index (Phi) is 3.13. The normalized spacial score (nSPS) is 17.3. The quantitative estimate of drug-likeness (QED) is 0.868. The third-order valence-corrected chi connectivity index (χ3v) is 4.12. The summed E-state index contributed by atoms with van der Waals surface area (Å²) in [4.78, 5) is 18.3. The summed E-state index contributed by atoms with van der Waals surface area (Å²) in [5, 5.41) is 1.03. The summed E-state index contributed by atoms with van der Waals surface area (Å²) in [5.74, 6) is 1.86. The average molecular weight is 298 g/mol. The van der Waals surface area contributed by atoms with E-state index < -0.39 is 0 Å². The van der Waals surface area contributed by atoms with Crippen LogP contribution in [0.3, 0.4) is 0 Å². The van der Waals surface area contributed by atoms with Gasteiger partial charge >= 0.3 is 6.09 Å². The zero-order chi connectivity index (χ0) is 15.1. The zero-order valence-corrected chi connectivity index (χ0v) is 12.5. The molecule has 22 heavy (non-hydrogen) atoms. The van der Waals surface area contributed by atoms with Gasteiger partial charge in [-0.3, -0.25) is 0 Å². The van der Waals surface area contributed by atoms with Crippen LogP contribution in [0, 0.1) is 5.92 Å². The van der Waals surface area contributed by atoms with E-state index in [1.54, 1.807) is 4.90 Å². The van der Waals surface area contributed by atoms with E-state index in [1.807, 2.05) is 25.1 Å². The molecule has 1 aliphatic heterocycles. The van der Waals surface area contributed by atoms with E-state index in [2.05, 4.69) is 11.1 Å². The Morgan fingerprint density at radius 2 is 2.23 bits per heavy atom. The summed E-state index contributed by atoms with van der Waals surface area (Å²) < 4.78 is 10.9. The van der Waals surface area contributed by atoms with Crippen molar-refractivity contribution in [3.63, 3.8) is 0 Å². The fraction of sp³-hybridized carbons (Fsp3) is 0.412. The number of carbonyl (C=O) groups is 1. The molecular formula is C17H18N2O3. The highest BCUT2D eigenvalue weighted by molar-refractivity contribution is 5.83. The van der Waals surface area contributed by atoms with Crippen molar-refractivity contribution in [3.05, 3.63) is 29.8 Å². The van der Waals surface area contributed by atoms with Crippen molar-refractivity contribution in [3.8, 4) is 11.6 Å². The van der Waals surface area contributed by atoms with E-state index in [0.29, 0.717) is 24.9 Å². The second-order valence-electron chi connectivity index (χ2n) is 5.93. The van der Waals surface area contributed by atoms with Gasteiger partial charge in [-0.15, -0.1) is 0 Å². The standard InChI is InChI=1S/C17H18N2O3/c1-2-21-14-6-5-12-7-13-10-19(9-11-3-4-11)17(20)22-16(13)18-15(12)8-14/h5-8,11H,2-4,9-10H2,1H3. The predicted octanol–water partition coefficient (Wildman–Crippen LogP) is 3.36. The number of carbonyl (C=O) groups excluding carboxylic acids is 1. The first-order valence-corrected chi connectivity index (χ1v) is 7.76. The Balaban J connectivity index is 1.67. The molecule has 2 aromatic rings. The van der Waals surface area contributed by atoms with Gasteiger partial charge in [-0.2, -0.15) is 0 Å². The van der Waals surface area contributed by atoms with E-state index in [4.69, 9.17) is 9.47 Å². The molecule has 2 heterocycles. The molecule has 1 aliphatic carbocycles. The van der Waals surface area contributed by atoms with Gasteiger partial charge in [-0.1, -0.05) is 0 Å². The molecule has 1 fully saturated rings. The van der Waals surface area contributed by atoms with Gasteiger partial charge in [0, 0.05) is 23.6 Å². The first-order chi connectivity index (χ1) is 10.7. The second kappa shape index (κ2) is 5.16. The minimum atomic E-state index is -0.285. The Morgan fingerprint density at radius 1 is 1.36 bits per heavy atom. The molecule has 5 heteroatoms. The second-order valence-corrected chi connectivity index (χ2v) is 5.93. The molecule has 1 aromatic carbocycles. The Bertz CT molecular complexity index is 740. The number of fused-ring (bicyclic) bond motifs is 2. The minimum Gasteiger partial charge on any atom is -0.494 e. The van der Waals surface area contributed by atoms with Crippen LogP contribution in [-0.2, 0) is 6.54 Å². The minimum absolute atomic E-state index is 0.285. The number of hydrogen-bond donors (Lipinski definition) is 0. The lowest BCUT2D eigenvalue weighted by molar-refractivity contribution is 0.133. The number of hydrogen-bond acceptors (Lipinski definition) is 4. The molecule has 1 saturated carbocycles. The molecule has 0 N–H and O–H groups in total. The molecule has 1 amide bonds. The fourth-order valence-electron chi connectivity index (χ4n) is 2.80. The molecule has 4 rings (SSSR count). The van der Waals surface area contributed by atoms with Crippen molar-refractivity contribution in [2.75, 3.05) is 13.2 Å². The van der Waals surface area contributed by atoms with Crippen LogP contribution < -0.4 is 9.47 Å². The van der Waals surface area contributed by atoms with Crippen LogP contribution in [-0.4, -0.2) is 29.1 Å². The maximum absolute atomic E-state index is 12.1. The number of aromatic nitrogens is 1. The van der Waals surface area contributed by atoms with Gasteiger partial charge in [0.1, 0.15) is 5.75 Å². The van der Waals surface area contributed by atoms with E-state index in [0.717, 1.165) is 28.8 Å². The van der Waals surface area contributed by atoms with Gasteiger partial charge in [-0.05, 0) is 43.9 Å². The molecule has 0 unspecified atom stereocenters. The SMILES string of the molecule is CCOc1ccc2cc3c(nc2c1)OC(=O)N(CC1CC1)C3. The highest BCUT2D eigenvalue weighted by Crippen LogP contribution is 2.34. The van der Waals surface area contributed by atoms with Crippen molar-refractivity contribution in [1.82, 2.24) is 9.88 Å². The third kappa shape index (κ3) is 2.47. The Morgan fingerprint density at radius 3 is 3.00 bits per heavy atom. The van der Waals surface area contributed by atoms with Crippen molar-refractivity contribution >= 4 is 17.0 Å². The molecule has 0 spiro atoms. The summed E-state index contributed by atoms with van der Waals surface area (Å²) in [7, 11) is 0. The van der Waals surface area contributed by atoms with Crippen LogP contribution >= 0.6 is 0 Å².